The molecule has 26 heavy (non-hydrogen) atoms. The molecule has 3 atom stereocenters. The first kappa shape index (κ1) is 17.9. The van der Waals surface area contributed by atoms with E-state index in [1.165, 1.54) is 57.4 Å². The summed E-state index contributed by atoms with van der Waals surface area (Å²) in [5.74, 6) is 4.34. The predicted octanol–water partition coefficient (Wildman–Crippen LogP) is 0.184. The van der Waals surface area contributed by atoms with Gasteiger partial charge in [0.05, 0.1) is 32.9 Å². The number of hydrogen-bond donors (Lipinski definition) is 2. The average Bonchev–Trinajstić information content (AvgIpc) is 3.31. The highest BCUT2D eigenvalue weighted by Gasteiger charge is 2.46. The maximum atomic E-state index is 5.66. The minimum atomic E-state index is 0.707. The monoisotopic (exact) mass is 362 g/mol. The summed E-state index contributed by atoms with van der Waals surface area (Å²) in [6.07, 6.45) is 6.02. The molecular weight excluding hydrogens is 328 g/mol. The summed E-state index contributed by atoms with van der Waals surface area (Å²) in [4.78, 5) is 3.54. The largest absolute Gasteiger partial charge is 0.493 e. The SMILES string of the molecule is COc1ccc(C[NH+]2CC[NH+]([C@H]3C[C@H]4CC[C@@H]3C4)CC2)c(OC)c1OC. The molecule has 2 aliphatic carbocycles. The van der Waals surface area contributed by atoms with Crippen LogP contribution in [0, 0.1) is 11.8 Å². The van der Waals surface area contributed by atoms with Gasteiger partial charge in [0, 0.05) is 12.3 Å². The number of ether oxygens (including phenoxy) is 3. The number of fused-ring (bicyclic) bond motifs is 2. The number of hydrogen-bond acceptors (Lipinski definition) is 3. The van der Waals surface area contributed by atoms with Crippen molar-refractivity contribution in [2.24, 2.45) is 11.8 Å². The van der Waals surface area contributed by atoms with E-state index in [2.05, 4.69) is 6.07 Å². The molecular formula is C21H34N2O3+2. The van der Waals surface area contributed by atoms with Gasteiger partial charge < -0.3 is 24.0 Å². The summed E-state index contributed by atoms with van der Waals surface area (Å²) in [6, 6.07) is 5.08. The summed E-state index contributed by atoms with van der Waals surface area (Å²) in [7, 11) is 5.06. The molecule has 1 aromatic carbocycles. The molecule has 0 amide bonds. The van der Waals surface area contributed by atoms with Crippen LogP contribution in [-0.2, 0) is 6.54 Å². The molecule has 2 N–H and O–H groups in total. The van der Waals surface area contributed by atoms with Crippen LogP contribution in [0.2, 0.25) is 0 Å². The number of benzene rings is 1. The van der Waals surface area contributed by atoms with Crippen molar-refractivity contribution in [3.8, 4) is 17.2 Å². The predicted molar refractivity (Wildman–Crippen MR) is 100 cm³/mol. The Morgan fingerprint density at radius 1 is 0.885 bits per heavy atom. The molecule has 144 valence electrons. The molecule has 0 unspecified atom stereocenters. The third-order valence-corrected chi connectivity index (χ3v) is 7.09. The number of rotatable bonds is 6. The molecule has 3 fully saturated rings. The Hall–Kier alpha value is -1.46. The van der Waals surface area contributed by atoms with Gasteiger partial charge in [0.15, 0.2) is 11.5 Å². The number of piperazine rings is 1. The molecule has 1 heterocycles. The fraction of sp³-hybridized carbons (Fsp3) is 0.714. The molecule has 2 saturated carbocycles. The van der Waals surface area contributed by atoms with Crippen LogP contribution in [0.15, 0.2) is 12.1 Å². The number of quaternary nitrogens is 2. The van der Waals surface area contributed by atoms with Crippen LogP contribution in [-0.4, -0.2) is 53.6 Å². The maximum absolute atomic E-state index is 5.66. The van der Waals surface area contributed by atoms with E-state index in [9.17, 15) is 0 Å². The van der Waals surface area contributed by atoms with Crippen molar-refractivity contribution in [1.82, 2.24) is 0 Å². The molecule has 0 aromatic heterocycles. The summed E-state index contributed by atoms with van der Waals surface area (Å²) in [5, 5.41) is 0. The number of nitrogens with one attached hydrogen (secondary N) is 2. The minimum absolute atomic E-state index is 0.707. The maximum Gasteiger partial charge on any atom is 0.203 e. The first-order valence-corrected chi connectivity index (χ1v) is 10.2. The van der Waals surface area contributed by atoms with Crippen LogP contribution in [0.5, 0.6) is 17.2 Å². The fourth-order valence-electron chi connectivity index (χ4n) is 5.79. The molecule has 0 spiro atoms. The van der Waals surface area contributed by atoms with E-state index < -0.39 is 0 Å². The average molecular weight is 363 g/mol. The topological polar surface area (TPSA) is 36.6 Å². The highest BCUT2D eigenvalue weighted by Crippen LogP contribution is 2.43. The lowest BCUT2D eigenvalue weighted by Crippen LogP contribution is -3.29. The van der Waals surface area contributed by atoms with E-state index in [4.69, 9.17) is 14.2 Å². The van der Waals surface area contributed by atoms with E-state index in [1.807, 2.05) is 11.0 Å². The Kier molecular flexibility index (Phi) is 5.28. The Morgan fingerprint density at radius 2 is 1.65 bits per heavy atom. The zero-order valence-corrected chi connectivity index (χ0v) is 16.5. The number of methoxy groups -OCH3 is 3. The van der Waals surface area contributed by atoms with Gasteiger partial charge >= 0.3 is 0 Å². The van der Waals surface area contributed by atoms with Crippen LogP contribution < -0.4 is 24.0 Å². The second-order valence-electron chi connectivity index (χ2n) is 8.36. The molecule has 0 radical (unpaired) electrons. The molecule has 5 heteroatoms. The fourth-order valence-corrected chi connectivity index (χ4v) is 5.79. The Balaban J connectivity index is 1.38. The van der Waals surface area contributed by atoms with E-state index in [1.54, 1.807) is 26.2 Å². The van der Waals surface area contributed by atoms with Gasteiger partial charge in [-0.15, -0.1) is 0 Å². The molecule has 5 nitrogen and oxygen atoms in total. The van der Waals surface area contributed by atoms with Crippen LogP contribution in [0.3, 0.4) is 0 Å². The standard InChI is InChI=1S/C21H32N2O3/c1-24-19-7-6-17(20(25-2)21(19)26-3)14-22-8-10-23(11-9-22)18-13-15-4-5-16(18)12-15/h6-7,15-16,18H,4-5,8-14H2,1-3H3/p+2/t15-,16+,18-/m0/s1. The van der Waals surface area contributed by atoms with Gasteiger partial charge in [0.25, 0.3) is 0 Å². The second-order valence-corrected chi connectivity index (χ2v) is 8.36. The summed E-state index contributed by atoms with van der Waals surface area (Å²) >= 11 is 0. The summed E-state index contributed by atoms with van der Waals surface area (Å²) in [6.45, 7) is 6.13. The lowest BCUT2D eigenvalue weighted by Gasteiger charge is -2.36. The van der Waals surface area contributed by atoms with E-state index in [0.717, 1.165) is 35.9 Å². The Morgan fingerprint density at radius 3 is 2.23 bits per heavy atom. The van der Waals surface area contributed by atoms with Crippen molar-refractivity contribution in [2.75, 3.05) is 47.5 Å². The third kappa shape index (κ3) is 3.27. The van der Waals surface area contributed by atoms with Crippen molar-refractivity contribution in [3.05, 3.63) is 17.7 Å². The van der Waals surface area contributed by atoms with E-state index >= 15 is 0 Å². The first-order chi connectivity index (χ1) is 12.7. The third-order valence-electron chi connectivity index (χ3n) is 7.09. The van der Waals surface area contributed by atoms with Crippen LogP contribution in [0.4, 0.5) is 0 Å². The van der Waals surface area contributed by atoms with Crippen LogP contribution in [0.1, 0.15) is 31.2 Å². The van der Waals surface area contributed by atoms with Crippen molar-refractivity contribution in [2.45, 2.75) is 38.3 Å². The zero-order valence-electron chi connectivity index (χ0n) is 16.5. The second kappa shape index (κ2) is 7.65. The van der Waals surface area contributed by atoms with Gasteiger partial charge in [-0.2, -0.15) is 0 Å². The molecule has 4 rings (SSSR count). The Labute approximate surface area is 157 Å². The van der Waals surface area contributed by atoms with Gasteiger partial charge in [-0.3, -0.25) is 0 Å². The molecule has 1 aromatic rings. The van der Waals surface area contributed by atoms with E-state index in [0.29, 0.717) is 5.75 Å². The summed E-state index contributed by atoms with van der Waals surface area (Å²) in [5.41, 5.74) is 1.21. The molecule has 1 saturated heterocycles. The van der Waals surface area contributed by atoms with Crippen molar-refractivity contribution < 1.29 is 24.0 Å². The molecule has 3 aliphatic rings. The highest BCUT2D eigenvalue weighted by molar-refractivity contribution is 5.55. The van der Waals surface area contributed by atoms with Gasteiger partial charge in [0.1, 0.15) is 32.7 Å². The highest BCUT2D eigenvalue weighted by atomic mass is 16.5. The smallest absolute Gasteiger partial charge is 0.203 e. The van der Waals surface area contributed by atoms with Crippen molar-refractivity contribution >= 4 is 0 Å². The quantitative estimate of drug-likeness (QED) is 0.758. The minimum Gasteiger partial charge on any atom is -0.493 e. The van der Waals surface area contributed by atoms with Gasteiger partial charge in [-0.1, -0.05) is 0 Å². The normalized spacial score (nSPS) is 33.3. The van der Waals surface area contributed by atoms with Crippen molar-refractivity contribution in [3.63, 3.8) is 0 Å². The van der Waals surface area contributed by atoms with Gasteiger partial charge in [-0.05, 0) is 37.3 Å². The lowest BCUT2D eigenvalue weighted by molar-refractivity contribution is -1.03. The van der Waals surface area contributed by atoms with Crippen molar-refractivity contribution in [1.29, 1.82) is 0 Å². The zero-order chi connectivity index (χ0) is 18.1. The molecule has 2 bridgehead atoms. The van der Waals surface area contributed by atoms with E-state index in [-0.39, 0.29) is 0 Å². The van der Waals surface area contributed by atoms with Gasteiger partial charge in [-0.25, -0.2) is 0 Å². The van der Waals surface area contributed by atoms with Gasteiger partial charge in [0.2, 0.25) is 5.75 Å². The molecule has 1 aliphatic heterocycles. The lowest BCUT2D eigenvalue weighted by atomic mass is 9.93. The van der Waals surface area contributed by atoms with Crippen LogP contribution in [0.25, 0.3) is 0 Å². The summed E-state index contributed by atoms with van der Waals surface area (Å²) < 4.78 is 16.6. The van der Waals surface area contributed by atoms with Crippen LogP contribution >= 0.6 is 0 Å². The Bertz CT molecular complexity index is 628. The first-order valence-electron chi connectivity index (χ1n) is 10.2.